The molecule has 12 heteroatoms. The van der Waals surface area contributed by atoms with Crippen LogP contribution in [0, 0.1) is 5.92 Å². The van der Waals surface area contributed by atoms with Crippen molar-refractivity contribution in [1.29, 1.82) is 0 Å². The van der Waals surface area contributed by atoms with Crippen molar-refractivity contribution < 1.29 is 28.7 Å². The summed E-state index contributed by atoms with van der Waals surface area (Å²) in [5.41, 5.74) is 1.55. The Hall–Kier alpha value is -4.87. The molecule has 0 bridgehead atoms. The number of nitrogens with zero attached hydrogens (tertiary/aromatic N) is 3. The summed E-state index contributed by atoms with van der Waals surface area (Å²) < 4.78 is 4.99. The molecule has 2 fully saturated rings. The Balaban J connectivity index is 1.30. The summed E-state index contributed by atoms with van der Waals surface area (Å²) >= 11 is 0. The van der Waals surface area contributed by atoms with Crippen molar-refractivity contribution in [1.82, 2.24) is 30.8 Å². The Morgan fingerprint density at radius 1 is 1.00 bits per heavy atom. The van der Waals surface area contributed by atoms with Gasteiger partial charge in [0.1, 0.15) is 17.8 Å². The molecule has 2 aromatic carbocycles. The van der Waals surface area contributed by atoms with Crippen LogP contribution in [0.2, 0.25) is 0 Å². The molecule has 3 heterocycles. The van der Waals surface area contributed by atoms with Gasteiger partial charge in [-0.15, -0.1) is 0 Å². The molecule has 3 N–H and O–H groups in total. The van der Waals surface area contributed by atoms with Gasteiger partial charge in [0.05, 0.1) is 24.3 Å². The minimum absolute atomic E-state index is 0.000927. The third-order valence-electron chi connectivity index (χ3n) is 8.47. The molecule has 3 aromatic rings. The highest BCUT2D eigenvalue weighted by molar-refractivity contribution is 5.98. The van der Waals surface area contributed by atoms with Crippen molar-refractivity contribution in [2.75, 3.05) is 20.2 Å². The Morgan fingerprint density at radius 2 is 1.68 bits per heavy atom. The van der Waals surface area contributed by atoms with Gasteiger partial charge in [-0.1, -0.05) is 42.5 Å². The number of aromatic nitrogens is 2. The zero-order chi connectivity index (χ0) is 31.3. The number of ether oxygens (including phenoxy) is 1. The Morgan fingerprint density at radius 3 is 2.36 bits per heavy atom. The molecular formula is C32H36N6O6. The predicted molar refractivity (Wildman–Crippen MR) is 160 cm³/mol. The normalized spacial score (nSPS) is 18.7. The summed E-state index contributed by atoms with van der Waals surface area (Å²) in [5.74, 6) is -2.63. The largest absolute Gasteiger partial charge is 0.467 e. The van der Waals surface area contributed by atoms with E-state index < -0.39 is 41.3 Å². The molecule has 3 atom stereocenters. The zero-order valence-corrected chi connectivity index (χ0v) is 24.7. The van der Waals surface area contributed by atoms with Gasteiger partial charge in [0, 0.05) is 37.9 Å². The lowest BCUT2D eigenvalue weighted by molar-refractivity contribution is -0.146. The quantitative estimate of drug-likeness (QED) is 0.312. The van der Waals surface area contributed by atoms with Crippen molar-refractivity contribution in [2.45, 2.75) is 56.7 Å². The molecule has 12 nitrogen and oxygen atoms in total. The van der Waals surface area contributed by atoms with E-state index in [0.29, 0.717) is 43.4 Å². The van der Waals surface area contributed by atoms with E-state index in [4.69, 9.17) is 4.74 Å². The van der Waals surface area contributed by atoms with Gasteiger partial charge in [-0.3, -0.25) is 24.2 Å². The van der Waals surface area contributed by atoms with E-state index in [2.05, 4.69) is 25.9 Å². The standard InChI is InChI=1S/C32H36N6O6/c1-20(39)38-14-12-32(13-15-38)18-22(28(40)37-32)17-26(31(43)44-2)36-29(41)25(16-21-8-4-3-5-9-21)35-30(42)27-19-33-23-10-6-7-11-24(23)34-27/h3-11,19,22,25-26H,12-18H2,1-2H3,(H,35,42)(H,36,41)(H,37,40)/t22?,25-,26?/m0/s1. The van der Waals surface area contributed by atoms with E-state index in [9.17, 15) is 24.0 Å². The van der Waals surface area contributed by atoms with Crippen molar-refractivity contribution in [3.63, 3.8) is 0 Å². The van der Waals surface area contributed by atoms with Crippen LogP contribution in [0.25, 0.3) is 11.0 Å². The fourth-order valence-corrected chi connectivity index (χ4v) is 6.02. The predicted octanol–water partition coefficient (Wildman–Crippen LogP) is 1.54. The molecule has 0 saturated carbocycles. The number of carbonyl (C=O) groups is 5. The van der Waals surface area contributed by atoms with Crippen molar-refractivity contribution in [2.24, 2.45) is 5.92 Å². The van der Waals surface area contributed by atoms with Crippen LogP contribution in [0.15, 0.2) is 60.8 Å². The number of methoxy groups -OCH3 is 1. The summed E-state index contributed by atoms with van der Waals surface area (Å²) in [6.45, 7) is 2.62. The van der Waals surface area contributed by atoms with Crippen LogP contribution < -0.4 is 16.0 Å². The molecule has 5 rings (SSSR count). The fourth-order valence-electron chi connectivity index (χ4n) is 6.02. The Kier molecular flexibility index (Phi) is 9.17. The number of fused-ring (bicyclic) bond motifs is 1. The Bertz CT molecular complexity index is 1560. The summed E-state index contributed by atoms with van der Waals surface area (Å²) in [7, 11) is 1.22. The van der Waals surface area contributed by atoms with E-state index in [1.807, 2.05) is 36.4 Å². The van der Waals surface area contributed by atoms with E-state index >= 15 is 0 Å². The number of para-hydroxylation sites is 2. The maximum atomic E-state index is 13.7. The number of hydrogen-bond acceptors (Lipinski definition) is 8. The first-order chi connectivity index (χ1) is 21.2. The molecule has 2 saturated heterocycles. The number of esters is 1. The number of amides is 4. The van der Waals surface area contributed by atoms with Crippen LogP contribution in [-0.2, 0) is 30.3 Å². The third kappa shape index (κ3) is 7.01. The molecule has 2 unspecified atom stereocenters. The SMILES string of the molecule is COC(=O)C(CC1CC2(CCN(C(C)=O)CC2)NC1=O)NC(=O)[C@H](Cc1ccccc1)NC(=O)c1cnc2ccccc2n1. The summed E-state index contributed by atoms with van der Waals surface area (Å²) in [4.78, 5) is 75.1. The van der Waals surface area contributed by atoms with Crippen LogP contribution in [0.1, 0.15) is 48.7 Å². The van der Waals surface area contributed by atoms with Gasteiger partial charge < -0.3 is 25.6 Å². The maximum Gasteiger partial charge on any atom is 0.328 e. The highest BCUT2D eigenvalue weighted by atomic mass is 16.5. The molecule has 4 amide bonds. The smallest absolute Gasteiger partial charge is 0.328 e. The van der Waals surface area contributed by atoms with Crippen LogP contribution in [0.5, 0.6) is 0 Å². The van der Waals surface area contributed by atoms with Crippen molar-refractivity contribution in [3.8, 4) is 0 Å². The fraction of sp³-hybridized carbons (Fsp3) is 0.406. The number of carbonyl (C=O) groups excluding carboxylic acids is 5. The van der Waals surface area contributed by atoms with Crippen molar-refractivity contribution >= 4 is 40.6 Å². The topological polar surface area (TPSA) is 160 Å². The van der Waals surface area contributed by atoms with Crippen molar-refractivity contribution in [3.05, 3.63) is 72.1 Å². The van der Waals surface area contributed by atoms with Gasteiger partial charge in [-0.2, -0.15) is 0 Å². The van der Waals surface area contributed by atoms with Gasteiger partial charge in [0.2, 0.25) is 17.7 Å². The van der Waals surface area contributed by atoms with Crippen LogP contribution in [-0.4, -0.2) is 82.3 Å². The number of benzene rings is 2. The van der Waals surface area contributed by atoms with Crippen LogP contribution in [0.4, 0.5) is 0 Å². The lowest BCUT2D eigenvalue weighted by atomic mass is 9.82. The number of hydrogen-bond donors (Lipinski definition) is 3. The molecule has 2 aliphatic rings. The lowest BCUT2D eigenvalue weighted by Crippen LogP contribution is -2.53. The second-order valence-corrected chi connectivity index (χ2v) is 11.5. The first kappa shape index (κ1) is 30.6. The second kappa shape index (κ2) is 13.2. The van der Waals surface area contributed by atoms with E-state index in [-0.39, 0.29) is 30.3 Å². The molecule has 0 aliphatic carbocycles. The van der Waals surface area contributed by atoms with Gasteiger partial charge in [-0.05, 0) is 43.4 Å². The molecular weight excluding hydrogens is 564 g/mol. The van der Waals surface area contributed by atoms with E-state index in [1.54, 1.807) is 23.1 Å². The summed E-state index contributed by atoms with van der Waals surface area (Å²) in [6.07, 6.45) is 3.24. The monoisotopic (exact) mass is 600 g/mol. The van der Waals surface area contributed by atoms with Gasteiger partial charge >= 0.3 is 5.97 Å². The van der Waals surface area contributed by atoms with Gasteiger partial charge in [-0.25, -0.2) is 9.78 Å². The number of likely N-dealkylation sites (tertiary alicyclic amines) is 1. The highest BCUT2D eigenvalue weighted by Gasteiger charge is 2.47. The molecule has 1 aromatic heterocycles. The summed E-state index contributed by atoms with van der Waals surface area (Å²) in [5, 5.41) is 8.59. The second-order valence-electron chi connectivity index (χ2n) is 11.5. The molecule has 44 heavy (non-hydrogen) atoms. The maximum absolute atomic E-state index is 13.7. The molecule has 0 radical (unpaired) electrons. The summed E-state index contributed by atoms with van der Waals surface area (Å²) in [6, 6.07) is 14.1. The molecule has 1 spiro atoms. The van der Waals surface area contributed by atoms with Gasteiger partial charge in [0.25, 0.3) is 5.91 Å². The highest BCUT2D eigenvalue weighted by Crippen LogP contribution is 2.36. The molecule has 2 aliphatic heterocycles. The van der Waals surface area contributed by atoms with E-state index in [0.717, 1.165) is 5.56 Å². The first-order valence-corrected chi connectivity index (χ1v) is 14.7. The minimum atomic E-state index is -1.12. The number of piperidine rings is 1. The van der Waals surface area contributed by atoms with Crippen LogP contribution in [0.3, 0.4) is 0 Å². The Labute approximate surface area is 254 Å². The van der Waals surface area contributed by atoms with Crippen LogP contribution >= 0.6 is 0 Å². The third-order valence-corrected chi connectivity index (χ3v) is 8.47. The average Bonchev–Trinajstić information content (AvgIpc) is 3.33. The average molecular weight is 601 g/mol. The lowest BCUT2D eigenvalue weighted by Gasteiger charge is -2.39. The van der Waals surface area contributed by atoms with Gasteiger partial charge in [0.15, 0.2) is 0 Å². The number of rotatable bonds is 9. The number of nitrogens with one attached hydrogen (secondary N) is 3. The zero-order valence-electron chi connectivity index (χ0n) is 24.7. The minimum Gasteiger partial charge on any atom is -0.467 e. The molecule has 230 valence electrons. The van der Waals surface area contributed by atoms with E-state index in [1.165, 1.54) is 20.2 Å². The first-order valence-electron chi connectivity index (χ1n) is 14.7.